The first-order valence-electron chi connectivity index (χ1n) is 7.29. The number of benzene rings is 2. The van der Waals surface area contributed by atoms with E-state index < -0.39 is 24.0 Å². The van der Waals surface area contributed by atoms with Gasteiger partial charge in [0.15, 0.2) is 6.10 Å². The van der Waals surface area contributed by atoms with Crippen LogP contribution in [0.2, 0.25) is 0 Å². The third-order valence-corrected chi connectivity index (χ3v) is 3.21. The Morgan fingerprint density at radius 2 is 1.78 bits per heavy atom. The average molecular weight is 314 g/mol. The maximum absolute atomic E-state index is 12.1. The van der Waals surface area contributed by atoms with Gasteiger partial charge in [-0.2, -0.15) is 0 Å². The minimum absolute atomic E-state index is 0.348. The minimum Gasteiger partial charge on any atom is -0.449 e. The predicted molar refractivity (Wildman–Crippen MR) is 86.0 cm³/mol. The van der Waals surface area contributed by atoms with E-state index in [1.54, 1.807) is 19.1 Å². The van der Waals surface area contributed by atoms with Gasteiger partial charge < -0.3 is 10.1 Å². The SMILES string of the molecule is CCNC(=O)NC(=O)[C@H](C)OC(=O)c1ccc2ccccc2c1. The Labute approximate surface area is 133 Å². The summed E-state index contributed by atoms with van der Waals surface area (Å²) < 4.78 is 5.10. The standard InChI is InChI=1S/C17H18N2O4/c1-3-18-17(22)19-15(20)11(2)23-16(21)14-9-8-12-6-4-5-7-13(12)10-14/h4-11H,3H2,1-2H3,(H2,18,19,20,22)/t11-/m0/s1. The van der Waals surface area contributed by atoms with Gasteiger partial charge in [0.05, 0.1) is 5.56 Å². The maximum atomic E-state index is 12.1. The van der Waals surface area contributed by atoms with Crippen LogP contribution in [0.25, 0.3) is 10.8 Å². The van der Waals surface area contributed by atoms with Crippen LogP contribution < -0.4 is 10.6 Å². The first-order valence-corrected chi connectivity index (χ1v) is 7.29. The fraction of sp³-hybridized carbons (Fsp3) is 0.235. The molecule has 2 N–H and O–H groups in total. The molecule has 0 bridgehead atoms. The average Bonchev–Trinajstić information content (AvgIpc) is 2.54. The molecule has 0 aliphatic rings. The third-order valence-electron chi connectivity index (χ3n) is 3.21. The second kappa shape index (κ2) is 7.40. The summed E-state index contributed by atoms with van der Waals surface area (Å²) in [5.74, 6) is -1.29. The predicted octanol–water partition coefficient (Wildman–Crippen LogP) is 2.23. The fourth-order valence-electron chi connectivity index (χ4n) is 2.02. The number of amides is 3. The number of fused-ring (bicyclic) bond motifs is 1. The molecule has 0 fully saturated rings. The highest BCUT2D eigenvalue weighted by Crippen LogP contribution is 2.16. The van der Waals surface area contributed by atoms with Gasteiger partial charge >= 0.3 is 12.0 Å². The van der Waals surface area contributed by atoms with Crippen LogP contribution in [0.1, 0.15) is 24.2 Å². The highest BCUT2D eigenvalue weighted by molar-refractivity contribution is 5.99. The summed E-state index contributed by atoms with van der Waals surface area (Å²) in [5, 5.41) is 6.44. The quantitative estimate of drug-likeness (QED) is 0.848. The van der Waals surface area contributed by atoms with E-state index in [0.29, 0.717) is 12.1 Å². The first kappa shape index (κ1) is 16.5. The number of hydrogen-bond donors (Lipinski definition) is 2. The number of esters is 1. The van der Waals surface area contributed by atoms with E-state index in [9.17, 15) is 14.4 Å². The van der Waals surface area contributed by atoms with Gasteiger partial charge in [-0.15, -0.1) is 0 Å². The van der Waals surface area contributed by atoms with Crippen LogP contribution in [0.4, 0.5) is 4.79 Å². The van der Waals surface area contributed by atoms with Gasteiger partial charge in [0, 0.05) is 6.54 Å². The first-order chi connectivity index (χ1) is 11.0. The van der Waals surface area contributed by atoms with Gasteiger partial charge in [-0.1, -0.05) is 30.3 Å². The van der Waals surface area contributed by atoms with Gasteiger partial charge in [-0.3, -0.25) is 10.1 Å². The molecule has 0 radical (unpaired) electrons. The Morgan fingerprint density at radius 1 is 1.09 bits per heavy atom. The van der Waals surface area contributed by atoms with Crippen molar-refractivity contribution in [3.8, 4) is 0 Å². The molecule has 0 aliphatic heterocycles. The number of rotatable bonds is 4. The molecule has 6 nitrogen and oxygen atoms in total. The normalized spacial score (nSPS) is 11.6. The molecule has 0 aliphatic carbocycles. The largest absolute Gasteiger partial charge is 0.449 e. The number of carbonyl (C=O) groups excluding carboxylic acids is 3. The summed E-state index contributed by atoms with van der Waals surface area (Å²) >= 11 is 0. The zero-order chi connectivity index (χ0) is 16.8. The van der Waals surface area contributed by atoms with Crippen molar-refractivity contribution in [2.24, 2.45) is 0 Å². The number of ether oxygens (including phenoxy) is 1. The summed E-state index contributed by atoms with van der Waals surface area (Å²) in [6, 6.07) is 12.1. The van der Waals surface area contributed by atoms with E-state index in [2.05, 4.69) is 10.6 Å². The van der Waals surface area contributed by atoms with Crippen LogP contribution in [0, 0.1) is 0 Å². The van der Waals surface area contributed by atoms with Crippen molar-refractivity contribution in [3.63, 3.8) is 0 Å². The van der Waals surface area contributed by atoms with Crippen molar-refractivity contribution < 1.29 is 19.1 Å². The van der Waals surface area contributed by atoms with Crippen LogP contribution in [0.5, 0.6) is 0 Å². The lowest BCUT2D eigenvalue weighted by Gasteiger charge is -2.13. The lowest BCUT2D eigenvalue weighted by Crippen LogP contribution is -2.44. The molecular formula is C17H18N2O4. The van der Waals surface area contributed by atoms with Gasteiger partial charge in [0.25, 0.3) is 5.91 Å². The lowest BCUT2D eigenvalue weighted by molar-refractivity contribution is -0.127. The number of carbonyl (C=O) groups is 3. The molecule has 120 valence electrons. The molecule has 0 saturated carbocycles. The Kier molecular flexibility index (Phi) is 5.30. The molecule has 6 heteroatoms. The Hall–Kier alpha value is -2.89. The molecule has 0 spiro atoms. The topological polar surface area (TPSA) is 84.5 Å². The van der Waals surface area contributed by atoms with Crippen molar-refractivity contribution in [1.29, 1.82) is 0 Å². The number of hydrogen-bond acceptors (Lipinski definition) is 4. The van der Waals surface area contributed by atoms with E-state index in [4.69, 9.17) is 4.74 Å². The molecule has 0 unspecified atom stereocenters. The molecule has 3 amide bonds. The zero-order valence-electron chi connectivity index (χ0n) is 13.0. The highest BCUT2D eigenvalue weighted by atomic mass is 16.5. The highest BCUT2D eigenvalue weighted by Gasteiger charge is 2.20. The molecule has 2 aromatic rings. The monoisotopic (exact) mass is 314 g/mol. The minimum atomic E-state index is -1.07. The molecule has 2 rings (SSSR count). The van der Waals surface area contributed by atoms with Gasteiger partial charge in [0.2, 0.25) is 0 Å². The van der Waals surface area contributed by atoms with E-state index in [-0.39, 0.29) is 0 Å². The molecule has 2 aromatic carbocycles. The summed E-state index contributed by atoms with van der Waals surface area (Å²) in [4.78, 5) is 35.1. The van der Waals surface area contributed by atoms with Crippen molar-refractivity contribution in [2.45, 2.75) is 20.0 Å². The van der Waals surface area contributed by atoms with Crippen LogP contribution in [-0.4, -0.2) is 30.6 Å². The van der Waals surface area contributed by atoms with E-state index in [0.717, 1.165) is 10.8 Å². The maximum Gasteiger partial charge on any atom is 0.338 e. The third kappa shape index (κ3) is 4.29. The molecule has 1 atom stereocenters. The smallest absolute Gasteiger partial charge is 0.338 e. The molecular weight excluding hydrogens is 296 g/mol. The van der Waals surface area contributed by atoms with Crippen molar-refractivity contribution in [3.05, 3.63) is 48.0 Å². The van der Waals surface area contributed by atoms with E-state index in [1.807, 2.05) is 30.3 Å². The fourth-order valence-corrected chi connectivity index (χ4v) is 2.02. The van der Waals surface area contributed by atoms with Crippen molar-refractivity contribution in [1.82, 2.24) is 10.6 Å². The van der Waals surface area contributed by atoms with Crippen LogP contribution in [0.15, 0.2) is 42.5 Å². The van der Waals surface area contributed by atoms with E-state index >= 15 is 0 Å². The van der Waals surface area contributed by atoms with E-state index in [1.165, 1.54) is 6.92 Å². The second-order valence-electron chi connectivity index (χ2n) is 4.96. The van der Waals surface area contributed by atoms with Gasteiger partial charge in [-0.05, 0) is 36.8 Å². The van der Waals surface area contributed by atoms with Gasteiger partial charge in [-0.25, -0.2) is 9.59 Å². The Bertz CT molecular complexity index is 742. The molecule has 23 heavy (non-hydrogen) atoms. The summed E-state index contributed by atoms with van der Waals surface area (Å²) in [5.41, 5.74) is 0.348. The molecule has 0 aromatic heterocycles. The Balaban J connectivity index is 2.02. The zero-order valence-corrected chi connectivity index (χ0v) is 13.0. The van der Waals surface area contributed by atoms with Crippen LogP contribution in [0.3, 0.4) is 0 Å². The van der Waals surface area contributed by atoms with Crippen molar-refractivity contribution in [2.75, 3.05) is 6.54 Å². The lowest BCUT2D eigenvalue weighted by atomic mass is 10.1. The van der Waals surface area contributed by atoms with Crippen molar-refractivity contribution >= 4 is 28.7 Å². The number of imide groups is 1. The number of urea groups is 1. The number of nitrogens with one attached hydrogen (secondary N) is 2. The van der Waals surface area contributed by atoms with Gasteiger partial charge in [0.1, 0.15) is 0 Å². The summed E-state index contributed by atoms with van der Waals surface area (Å²) in [7, 11) is 0. The molecule has 0 heterocycles. The Morgan fingerprint density at radius 3 is 2.48 bits per heavy atom. The summed E-state index contributed by atoms with van der Waals surface area (Å²) in [6.07, 6.45) is -1.07. The summed E-state index contributed by atoms with van der Waals surface area (Å²) in [6.45, 7) is 3.53. The van der Waals surface area contributed by atoms with Crippen LogP contribution >= 0.6 is 0 Å². The molecule has 0 saturated heterocycles. The van der Waals surface area contributed by atoms with Crippen LogP contribution in [-0.2, 0) is 9.53 Å². The second-order valence-corrected chi connectivity index (χ2v) is 4.96.